The molecule has 1 unspecified atom stereocenters. The van der Waals surface area contributed by atoms with Gasteiger partial charge in [-0.3, -0.25) is 4.79 Å². The molecule has 1 aliphatic rings. The number of aryl methyl sites for hydroxylation is 1. The van der Waals surface area contributed by atoms with E-state index in [9.17, 15) is 9.59 Å². The lowest BCUT2D eigenvalue weighted by molar-refractivity contribution is -0.145. The van der Waals surface area contributed by atoms with E-state index in [-0.39, 0.29) is 0 Å². The fraction of sp³-hybridized carbons (Fsp3) is 0.263. The lowest BCUT2D eigenvalue weighted by Gasteiger charge is -2.32. The molecule has 3 nitrogen and oxygen atoms in total. The Kier molecular flexibility index (Phi) is 3.80. The van der Waals surface area contributed by atoms with E-state index in [2.05, 4.69) is 12.1 Å². The average Bonchev–Trinajstić information content (AvgIpc) is 2.54. The molecule has 0 radical (unpaired) electrons. The van der Waals surface area contributed by atoms with Gasteiger partial charge < -0.3 is 4.74 Å². The van der Waals surface area contributed by atoms with Crippen molar-refractivity contribution in [1.82, 2.24) is 0 Å². The first-order valence-electron chi connectivity index (χ1n) is 7.51. The molecule has 2 aromatic carbocycles. The average molecular weight is 294 g/mol. The smallest absolute Gasteiger partial charge is 0.346 e. The molecule has 1 aliphatic heterocycles. The normalized spacial score (nSPS) is 20.4. The molecule has 3 rings (SSSR count). The zero-order valence-corrected chi connectivity index (χ0v) is 12.5. The molecule has 1 heterocycles. The van der Waals surface area contributed by atoms with Crippen LogP contribution < -0.4 is 0 Å². The number of esters is 2. The second-order valence-electron chi connectivity index (χ2n) is 5.89. The molecule has 112 valence electrons. The standard InChI is InChI=1S/C19H18O3/c1-19(13-7-10-14-8-3-2-4-9-14)16-12-6-5-11-15(16)17(20)22-18(19)21/h2-6,8-9,11-12H,7,10,13H2,1H3. The Bertz CT molecular complexity index is 706. The predicted molar refractivity (Wildman–Crippen MR) is 83.6 cm³/mol. The van der Waals surface area contributed by atoms with Gasteiger partial charge in [0.15, 0.2) is 0 Å². The van der Waals surface area contributed by atoms with Crippen LogP contribution in [0.2, 0.25) is 0 Å². The van der Waals surface area contributed by atoms with Gasteiger partial charge in [-0.1, -0.05) is 48.5 Å². The van der Waals surface area contributed by atoms with Gasteiger partial charge in [0.05, 0.1) is 11.0 Å². The highest BCUT2D eigenvalue weighted by Crippen LogP contribution is 2.37. The number of hydrogen-bond donors (Lipinski definition) is 0. The lowest BCUT2D eigenvalue weighted by Crippen LogP contribution is -2.41. The summed E-state index contributed by atoms with van der Waals surface area (Å²) in [6.45, 7) is 1.87. The summed E-state index contributed by atoms with van der Waals surface area (Å²) in [5.41, 5.74) is 1.78. The first kappa shape index (κ1) is 14.5. The number of carbonyl (C=O) groups is 2. The summed E-state index contributed by atoms with van der Waals surface area (Å²) in [4.78, 5) is 24.1. The molecule has 0 aliphatic carbocycles. The number of rotatable bonds is 4. The highest BCUT2D eigenvalue weighted by molar-refractivity contribution is 6.05. The Morgan fingerprint density at radius 1 is 0.955 bits per heavy atom. The summed E-state index contributed by atoms with van der Waals surface area (Å²) < 4.78 is 4.95. The first-order chi connectivity index (χ1) is 10.6. The number of fused-ring (bicyclic) bond motifs is 1. The Hall–Kier alpha value is -2.42. The van der Waals surface area contributed by atoms with E-state index in [0.29, 0.717) is 12.0 Å². The summed E-state index contributed by atoms with van der Waals surface area (Å²) in [6.07, 6.45) is 2.42. The third-order valence-electron chi connectivity index (χ3n) is 4.36. The van der Waals surface area contributed by atoms with Gasteiger partial charge >= 0.3 is 11.9 Å². The summed E-state index contributed by atoms with van der Waals surface area (Å²) in [7, 11) is 0. The Balaban J connectivity index is 1.80. The zero-order valence-electron chi connectivity index (χ0n) is 12.5. The largest absolute Gasteiger partial charge is 0.389 e. The topological polar surface area (TPSA) is 43.4 Å². The molecule has 0 N–H and O–H groups in total. The molecular weight excluding hydrogens is 276 g/mol. The van der Waals surface area contributed by atoms with Crippen LogP contribution in [0.3, 0.4) is 0 Å². The van der Waals surface area contributed by atoms with E-state index >= 15 is 0 Å². The number of hydrogen-bond acceptors (Lipinski definition) is 3. The van der Waals surface area contributed by atoms with E-state index in [4.69, 9.17) is 4.74 Å². The van der Waals surface area contributed by atoms with Gasteiger partial charge in [0.2, 0.25) is 0 Å². The van der Waals surface area contributed by atoms with Crippen molar-refractivity contribution < 1.29 is 14.3 Å². The van der Waals surface area contributed by atoms with Gasteiger partial charge in [0.1, 0.15) is 0 Å². The van der Waals surface area contributed by atoms with E-state index in [0.717, 1.165) is 18.4 Å². The van der Waals surface area contributed by atoms with Gasteiger partial charge in [-0.15, -0.1) is 0 Å². The fourth-order valence-electron chi connectivity index (χ4n) is 3.03. The Labute approximate surface area is 129 Å². The van der Waals surface area contributed by atoms with Crippen LogP contribution in [0.5, 0.6) is 0 Å². The summed E-state index contributed by atoms with van der Waals surface area (Å²) in [5, 5.41) is 0. The first-order valence-corrected chi connectivity index (χ1v) is 7.51. The molecule has 0 aromatic heterocycles. The third-order valence-corrected chi connectivity index (χ3v) is 4.36. The number of benzene rings is 2. The molecule has 0 saturated heterocycles. The SMILES string of the molecule is CC1(CCCc2ccccc2)C(=O)OC(=O)c2ccccc21. The molecular formula is C19H18O3. The maximum atomic E-state index is 12.3. The van der Waals surface area contributed by atoms with Gasteiger partial charge in [-0.2, -0.15) is 0 Å². The molecule has 0 bridgehead atoms. The molecule has 22 heavy (non-hydrogen) atoms. The third kappa shape index (κ3) is 2.54. The Morgan fingerprint density at radius 3 is 2.41 bits per heavy atom. The van der Waals surface area contributed by atoms with Crippen molar-refractivity contribution in [3.63, 3.8) is 0 Å². The second-order valence-corrected chi connectivity index (χ2v) is 5.89. The quantitative estimate of drug-likeness (QED) is 0.638. The van der Waals surface area contributed by atoms with Crippen molar-refractivity contribution in [2.75, 3.05) is 0 Å². The van der Waals surface area contributed by atoms with Gasteiger partial charge in [0, 0.05) is 0 Å². The van der Waals surface area contributed by atoms with E-state index < -0.39 is 17.4 Å². The van der Waals surface area contributed by atoms with Crippen LogP contribution in [0.25, 0.3) is 0 Å². The minimum Gasteiger partial charge on any atom is -0.389 e. The van der Waals surface area contributed by atoms with Crippen LogP contribution in [-0.4, -0.2) is 11.9 Å². The van der Waals surface area contributed by atoms with Crippen LogP contribution in [-0.2, 0) is 21.4 Å². The van der Waals surface area contributed by atoms with E-state index in [1.54, 1.807) is 12.1 Å². The van der Waals surface area contributed by atoms with Crippen LogP contribution >= 0.6 is 0 Å². The monoisotopic (exact) mass is 294 g/mol. The van der Waals surface area contributed by atoms with E-state index in [1.807, 2.05) is 37.3 Å². The zero-order chi connectivity index (χ0) is 15.6. The van der Waals surface area contributed by atoms with E-state index in [1.165, 1.54) is 5.56 Å². The van der Waals surface area contributed by atoms with Gasteiger partial charge in [-0.25, -0.2) is 4.79 Å². The van der Waals surface area contributed by atoms with Crippen molar-refractivity contribution in [2.24, 2.45) is 0 Å². The minimum atomic E-state index is -0.751. The van der Waals surface area contributed by atoms with Crippen molar-refractivity contribution in [1.29, 1.82) is 0 Å². The van der Waals surface area contributed by atoms with Gasteiger partial charge in [0.25, 0.3) is 0 Å². The summed E-state index contributed by atoms with van der Waals surface area (Å²) in [6, 6.07) is 17.4. The summed E-state index contributed by atoms with van der Waals surface area (Å²) >= 11 is 0. The number of ether oxygens (including phenoxy) is 1. The molecule has 0 saturated carbocycles. The molecule has 3 heteroatoms. The second kappa shape index (κ2) is 5.76. The van der Waals surface area contributed by atoms with Crippen molar-refractivity contribution >= 4 is 11.9 Å². The molecule has 2 aromatic rings. The summed E-state index contributed by atoms with van der Waals surface area (Å²) in [5.74, 6) is -0.981. The number of cyclic esters (lactones) is 2. The highest BCUT2D eigenvalue weighted by atomic mass is 16.6. The maximum absolute atomic E-state index is 12.3. The minimum absolute atomic E-state index is 0.440. The maximum Gasteiger partial charge on any atom is 0.346 e. The predicted octanol–water partition coefficient (Wildman–Crippen LogP) is 3.66. The van der Waals surface area contributed by atoms with Crippen molar-refractivity contribution in [3.8, 4) is 0 Å². The van der Waals surface area contributed by atoms with Gasteiger partial charge in [-0.05, 0) is 43.4 Å². The van der Waals surface area contributed by atoms with Crippen molar-refractivity contribution in [2.45, 2.75) is 31.6 Å². The molecule has 0 fully saturated rings. The highest BCUT2D eigenvalue weighted by Gasteiger charge is 2.44. The molecule has 0 amide bonds. The van der Waals surface area contributed by atoms with Crippen LogP contribution in [0.1, 0.15) is 41.3 Å². The van der Waals surface area contributed by atoms with Crippen molar-refractivity contribution in [3.05, 3.63) is 71.3 Å². The lowest BCUT2D eigenvalue weighted by atomic mass is 9.74. The Morgan fingerprint density at radius 2 is 1.64 bits per heavy atom. The van der Waals surface area contributed by atoms with Crippen LogP contribution in [0, 0.1) is 0 Å². The van der Waals surface area contributed by atoms with Crippen LogP contribution in [0.15, 0.2) is 54.6 Å². The number of carbonyl (C=O) groups excluding carboxylic acids is 2. The van der Waals surface area contributed by atoms with Crippen LogP contribution in [0.4, 0.5) is 0 Å². The fourth-order valence-corrected chi connectivity index (χ4v) is 3.03. The molecule has 1 atom stereocenters. The molecule has 0 spiro atoms.